The number of piperidine rings is 1. The summed E-state index contributed by atoms with van der Waals surface area (Å²) in [5.41, 5.74) is -0.617. The normalized spacial score (nSPS) is 26.0. The molecule has 2 amide bonds. The summed E-state index contributed by atoms with van der Waals surface area (Å²) in [6.07, 6.45) is 4.77. The minimum Gasteiger partial charge on any atom is -0.389 e. The first-order valence-corrected chi connectivity index (χ1v) is 9.02. The second kappa shape index (κ2) is 7.52. The van der Waals surface area contributed by atoms with Crippen LogP contribution in [-0.2, 0) is 4.79 Å². The number of hydrogen-bond acceptors (Lipinski definition) is 3. The molecule has 1 heterocycles. The third kappa shape index (κ3) is 4.00. The smallest absolute Gasteiger partial charge is 0.254 e. The fraction of sp³-hybridized carbons (Fsp3) is 0.579. The summed E-state index contributed by atoms with van der Waals surface area (Å²) in [5, 5.41) is 13.3. The van der Waals surface area contributed by atoms with Gasteiger partial charge < -0.3 is 15.3 Å². The first-order chi connectivity index (χ1) is 12.0. The summed E-state index contributed by atoms with van der Waals surface area (Å²) in [6, 6.07) is 5.78. The molecule has 1 saturated carbocycles. The zero-order valence-corrected chi connectivity index (χ0v) is 14.3. The van der Waals surface area contributed by atoms with E-state index in [0.29, 0.717) is 19.5 Å². The Morgan fingerprint density at radius 1 is 1.28 bits per heavy atom. The summed E-state index contributed by atoms with van der Waals surface area (Å²) < 4.78 is 13.6. The van der Waals surface area contributed by atoms with E-state index in [2.05, 4.69) is 5.32 Å². The van der Waals surface area contributed by atoms with Crippen molar-refractivity contribution in [1.82, 2.24) is 10.2 Å². The molecule has 0 unspecified atom stereocenters. The van der Waals surface area contributed by atoms with Gasteiger partial charge in [0.05, 0.1) is 11.2 Å². The van der Waals surface area contributed by atoms with Crippen LogP contribution in [0.4, 0.5) is 4.39 Å². The molecule has 1 aliphatic heterocycles. The summed E-state index contributed by atoms with van der Waals surface area (Å²) >= 11 is 0. The van der Waals surface area contributed by atoms with Crippen LogP contribution in [0.15, 0.2) is 24.3 Å². The quantitative estimate of drug-likeness (QED) is 0.875. The number of nitrogens with one attached hydrogen (secondary N) is 1. The number of halogens is 1. The van der Waals surface area contributed by atoms with Crippen LogP contribution in [0.2, 0.25) is 0 Å². The van der Waals surface area contributed by atoms with Crippen molar-refractivity contribution in [2.75, 3.05) is 19.6 Å². The monoisotopic (exact) mass is 348 g/mol. The largest absolute Gasteiger partial charge is 0.389 e. The molecule has 3 rings (SSSR count). The standard InChI is InChI=1S/C19H25FN2O3/c20-16-7-2-1-6-15(16)18(24)21-11-8-17(23)22-12-10-19(25)9-4-3-5-14(19)13-22/h1-2,6-7,14,25H,3-5,8-13H2,(H,21,24)/t14-,19-/m0/s1. The van der Waals surface area contributed by atoms with E-state index in [1.165, 1.54) is 18.2 Å². The van der Waals surface area contributed by atoms with Gasteiger partial charge in [-0.3, -0.25) is 9.59 Å². The molecule has 1 aromatic rings. The van der Waals surface area contributed by atoms with E-state index >= 15 is 0 Å². The summed E-state index contributed by atoms with van der Waals surface area (Å²) in [5.74, 6) is -0.946. The van der Waals surface area contributed by atoms with Crippen molar-refractivity contribution in [3.63, 3.8) is 0 Å². The molecule has 0 bridgehead atoms. The van der Waals surface area contributed by atoms with E-state index in [1.54, 1.807) is 11.0 Å². The highest BCUT2D eigenvalue weighted by molar-refractivity contribution is 5.94. The fourth-order valence-electron chi connectivity index (χ4n) is 3.98. The summed E-state index contributed by atoms with van der Waals surface area (Å²) in [4.78, 5) is 26.1. The Balaban J connectivity index is 1.47. The highest BCUT2D eigenvalue weighted by atomic mass is 19.1. The molecule has 0 radical (unpaired) electrons. The minimum absolute atomic E-state index is 0.0137. The van der Waals surface area contributed by atoms with Gasteiger partial charge in [-0.05, 0) is 31.4 Å². The molecular weight excluding hydrogens is 323 g/mol. The average Bonchev–Trinajstić information content (AvgIpc) is 2.61. The molecule has 0 aromatic heterocycles. The van der Waals surface area contributed by atoms with Crippen LogP contribution in [0.25, 0.3) is 0 Å². The third-order valence-electron chi connectivity index (χ3n) is 5.52. The van der Waals surface area contributed by atoms with Crippen LogP contribution in [0.3, 0.4) is 0 Å². The number of amides is 2. The molecule has 1 aromatic carbocycles. The molecule has 5 nitrogen and oxygen atoms in total. The average molecular weight is 348 g/mol. The Bertz CT molecular complexity index is 651. The van der Waals surface area contributed by atoms with Gasteiger partial charge >= 0.3 is 0 Å². The van der Waals surface area contributed by atoms with Gasteiger partial charge in [-0.25, -0.2) is 4.39 Å². The lowest BCUT2D eigenvalue weighted by Crippen LogP contribution is -2.54. The Morgan fingerprint density at radius 2 is 2.08 bits per heavy atom. The lowest BCUT2D eigenvalue weighted by Gasteiger charge is -2.47. The first-order valence-electron chi connectivity index (χ1n) is 9.02. The molecule has 2 aliphatic rings. The van der Waals surface area contributed by atoms with Gasteiger partial charge in [-0.1, -0.05) is 25.0 Å². The molecule has 1 aliphatic carbocycles. The molecule has 0 spiro atoms. The van der Waals surface area contributed by atoms with E-state index in [-0.39, 0.29) is 30.4 Å². The molecule has 25 heavy (non-hydrogen) atoms. The molecule has 6 heteroatoms. The van der Waals surface area contributed by atoms with E-state index < -0.39 is 17.3 Å². The van der Waals surface area contributed by atoms with Gasteiger partial charge in [0.25, 0.3) is 5.91 Å². The SMILES string of the molecule is O=C(NCCC(=O)N1CC[C@@]2(O)CCCC[C@H]2C1)c1ccccc1F. The number of carbonyl (C=O) groups is 2. The van der Waals surface area contributed by atoms with Crippen LogP contribution in [-0.4, -0.2) is 47.1 Å². The Kier molecular flexibility index (Phi) is 5.37. The van der Waals surface area contributed by atoms with Crippen molar-refractivity contribution in [2.24, 2.45) is 5.92 Å². The maximum absolute atomic E-state index is 13.6. The summed E-state index contributed by atoms with van der Waals surface area (Å²) in [6.45, 7) is 1.33. The van der Waals surface area contributed by atoms with Gasteiger partial charge in [-0.2, -0.15) is 0 Å². The first kappa shape index (κ1) is 17.9. The second-order valence-corrected chi connectivity index (χ2v) is 7.12. The van der Waals surface area contributed by atoms with Crippen LogP contribution in [0, 0.1) is 11.7 Å². The number of hydrogen-bond donors (Lipinski definition) is 2. The minimum atomic E-state index is -0.603. The lowest BCUT2D eigenvalue weighted by molar-refractivity contribution is -0.143. The molecule has 2 N–H and O–H groups in total. The number of fused-ring (bicyclic) bond motifs is 1. The van der Waals surface area contributed by atoms with Crippen LogP contribution in [0.5, 0.6) is 0 Å². The number of carbonyl (C=O) groups excluding carboxylic acids is 2. The molecule has 2 atom stereocenters. The summed E-state index contributed by atoms with van der Waals surface area (Å²) in [7, 11) is 0. The zero-order chi connectivity index (χ0) is 17.9. The van der Waals surface area contributed by atoms with Crippen LogP contribution >= 0.6 is 0 Å². The van der Waals surface area contributed by atoms with Crippen molar-refractivity contribution in [1.29, 1.82) is 0 Å². The van der Waals surface area contributed by atoms with E-state index in [9.17, 15) is 19.1 Å². The van der Waals surface area contributed by atoms with Crippen molar-refractivity contribution in [3.8, 4) is 0 Å². The maximum atomic E-state index is 13.6. The van der Waals surface area contributed by atoms with Crippen molar-refractivity contribution >= 4 is 11.8 Å². The fourth-order valence-corrected chi connectivity index (χ4v) is 3.98. The van der Waals surface area contributed by atoms with Crippen LogP contribution in [0.1, 0.15) is 48.9 Å². The van der Waals surface area contributed by atoms with E-state index in [1.807, 2.05) is 0 Å². The van der Waals surface area contributed by atoms with Gasteiger partial charge in [0.2, 0.25) is 5.91 Å². The molecule has 1 saturated heterocycles. The van der Waals surface area contributed by atoms with E-state index in [4.69, 9.17) is 0 Å². The molecule has 2 fully saturated rings. The second-order valence-electron chi connectivity index (χ2n) is 7.12. The zero-order valence-electron chi connectivity index (χ0n) is 14.3. The molecule has 136 valence electrons. The van der Waals surface area contributed by atoms with E-state index in [0.717, 1.165) is 25.7 Å². The van der Waals surface area contributed by atoms with Crippen LogP contribution < -0.4 is 5.32 Å². The van der Waals surface area contributed by atoms with Crippen molar-refractivity contribution in [3.05, 3.63) is 35.6 Å². The number of benzene rings is 1. The predicted molar refractivity (Wildman–Crippen MR) is 91.5 cm³/mol. The lowest BCUT2D eigenvalue weighted by atomic mass is 9.71. The Morgan fingerprint density at radius 3 is 2.88 bits per heavy atom. The Hall–Kier alpha value is -1.95. The van der Waals surface area contributed by atoms with Gasteiger partial charge in [0, 0.05) is 32.0 Å². The van der Waals surface area contributed by atoms with Crippen molar-refractivity contribution in [2.45, 2.75) is 44.1 Å². The third-order valence-corrected chi connectivity index (χ3v) is 5.52. The highest BCUT2D eigenvalue weighted by Gasteiger charge is 2.43. The maximum Gasteiger partial charge on any atom is 0.254 e. The van der Waals surface area contributed by atoms with Gasteiger partial charge in [-0.15, -0.1) is 0 Å². The number of likely N-dealkylation sites (tertiary alicyclic amines) is 1. The number of aliphatic hydroxyl groups is 1. The van der Waals surface area contributed by atoms with Gasteiger partial charge in [0.15, 0.2) is 0 Å². The van der Waals surface area contributed by atoms with Crippen molar-refractivity contribution < 1.29 is 19.1 Å². The highest BCUT2D eigenvalue weighted by Crippen LogP contribution is 2.39. The number of rotatable bonds is 4. The number of nitrogens with zero attached hydrogens (tertiary/aromatic N) is 1. The van der Waals surface area contributed by atoms with Gasteiger partial charge in [0.1, 0.15) is 5.82 Å². The predicted octanol–water partition coefficient (Wildman–Crippen LogP) is 2.10. The Labute approximate surface area is 147 Å². The molecular formula is C19H25FN2O3. The topological polar surface area (TPSA) is 69.6 Å².